The first-order chi connectivity index (χ1) is 11.0. The van der Waals surface area contributed by atoms with Gasteiger partial charge in [0.25, 0.3) is 0 Å². The van der Waals surface area contributed by atoms with Gasteiger partial charge in [0.05, 0.1) is 10.9 Å². The number of carbonyl (C=O) groups is 1. The zero-order valence-electron chi connectivity index (χ0n) is 12.8. The van der Waals surface area contributed by atoms with Crippen LogP contribution in [-0.4, -0.2) is 12.1 Å². The van der Waals surface area contributed by atoms with Crippen molar-refractivity contribution in [1.29, 1.82) is 0 Å². The summed E-state index contributed by atoms with van der Waals surface area (Å²) in [5.41, 5.74) is -0.701. The summed E-state index contributed by atoms with van der Waals surface area (Å²) in [7, 11) is 0. The van der Waals surface area contributed by atoms with Crippen LogP contribution in [0.1, 0.15) is 19.4 Å². The number of carbonyl (C=O) groups excluding carboxylic acids is 1. The van der Waals surface area contributed by atoms with Gasteiger partial charge in [-0.2, -0.15) is 13.2 Å². The molecule has 0 bridgehead atoms. The SMILES string of the molecule is CC1(C)[C@H](/C=C(\Cl)C(F)(F)F)[C@@H]1C(=O)OCc1c(F)cccc1Cl. The van der Waals surface area contributed by atoms with Gasteiger partial charge in [-0.3, -0.25) is 4.79 Å². The molecule has 0 unspecified atom stereocenters. The van der Waals surface area contributed by atoms with Crippen molar-refractivity contribution in [2.75, 3.05) is 0 Å². The molecule has 0 amide bonds. The van der Waals surface area contributed by atoms with Gasteiger partial charge in [0.1, 0.15) is 17.5 Å². The summed E-state index contributed by atoms with van der Waals surface area (Å²) < 4.78 is 56.2. The standard InChI is InChI=1S/C16H14Cl2F4O2/c1-15(2)9(6-12(18)16(20,21)22)13(15)14(23)24-7-8-10(17)4-3-5-11(8)19/h3-6,9,13H,7H2,1-2H3/b12-6-/t9-,13-/m1/s1. The maximum absolute atomic E-state index is 13.6. The number of rotatable bonds is 4. The van der Waals surface area contributed by atoms with Crippen molar-refractivity contribution in [2.45, 2.75) is 26.6 Å². The summed E-state index contributed by atoms with van der Waals surface area (Å²) in [5.74, 6) is -2.82. The Morgan fingerprint density at radius 3 is 2.54 bits per heavy atom. The number of allylic oxidation sites excluding steroid dienone is 2. The molecule has 2 rings (SSSR count). The predicted octanol–water partition coefficient (Wildman–Crippen LogP) is 5.48. The van der Waals surface area contributed by atoms with E-state index in [0.717, 1.165) is 6.08 Å². The zero-order chi connectivity index (χ0) is 18.3. The topological polar surface area (TPSA) is 26.3 Å². The van der Waals surface area contributed by atoms with Gasteiger partial charge in [0, 0.05) is 5.56 Å². The second-order valence-electron chi connectivity index (χ2n) is 6.15. The molecule has 2 atom stereocenters. The lowest BCUT2D eigenvalue weighted by molar-refractivity contribution is -0.147. The third-order valence-corrected chi connectivity index (χ3v) is 4.88. The van der Waals surface area contributed by atoms with Crippen molar-refractivity contribution < 1.29 is 27.1 Å². The van der Waals surface area contributed by atoms with Crippen molar-refractivity contribution in [3.8, 4) is 0 Å². The largest absolute Gasteiger partial charge is 0.460 e. The monoisotopic (exact) mass is 384 g/mol. The molecule has 8 heteroatoms. The molecule has 0 radical (unpaired) electrons. The minimum atomic E-state index is -4.66. The van der Waals surface area contributed by atoms with E-state index in [1.807, 2.05) is 0 Å². The fourth-order valence-electron chi connectivity index (χ4n) is 2.59. The minimum Gasteiger partial charge on any atom is -0.460 e. The molecular weight excluding hydrogens is 371 g/mol. The first kappa shape index (κ1) is 19.1. The number of esters is 1. The van der Waals surface area contributed by atoms with E-state index in [9.17, 15) is 22.4 Å². The highest BCUT2D eigenvalue weighted by atomic mass is 35.5. The van der Waals surface area contributed by atoms with Crippen molar-refractivity contribution in [1.82, 2.24) is 0 Å². The number of ether oxygens (including phenoxy) is 1. The Balaban J connectivity index is 2.06. The molecule has 1 saturated carbocycles. The normalized spacial score (nSPS) is 23.1. The Hall–Kier alpha value is -1.27. The molecule has 0 aliphatic heterocycles. The Morgan fingerprint density at radius 2 is 2.00 bits per heavy atom. The van der Waals surface area contributed by atoms with Crippen molar-refractivity contribution >= 4 is 29.2 Å². The van der Waals surface area contributed by atoms with Gasteiger partial charge in [-0.05, 0) is 23.5 Å². The Bertz CT molecular complexity index is 663. The summed E-state index contributed by atoms with van der Waals surface area (Å²) in [4.78, 5) is 12.1. The number of benzene rings is 1. The zero-order valence-corrected chi connectivity index (χ0v) is 14.3. The molecule has 0 N–H and O–H groups in total. The lowest BCUT2D eigenvalue weighted by Gasteiger charge is -2.08. The molecule has 0 spiro atoms. The maximum atomic E-state index is 13.6. The Morgan fingerprint density at radius 1 is 1.38 bits per heavy atom. The molecule has 0 aromatic heterocycles. The lowest BCUT2D eigenvalue weighted by Crippen LogP contribution is -2.11. The smallest absolute Gasteiger partial charge is 0.426 e. The van der Waals surface area contributed by atoms with Crippen LogP contribution < -0.4 is 0 Å². The van der Waals surface area contributed by atoms with E-state index in [2.05, 4.69) is 0 Å². The van der Waals surface area contributed by atoms with Crippen LogP contribution in [0.2, 0.25) is 5.02 Å². The highest BCUT2D eigenvalue weighted by Gasteiger charge is 2.62. The van der Waals surface area contributed by atoms with Gasteiger partial charge >= 0.3 is 12.1 Å². The quantitative estimate of drug-likeness (QED) is 0.507. The maximum Gasteiger partial charge on any atom is 0.426 e. The average molecular weight is 385 g/mol. The second-order valence-corrected chi connectivity index (χ2v) is 6.96. The molecule has 1 aromatic rings. The number of alkyl halides is 3. The van der Waals surface area contributed by atoms with Gasteiger partial charge in [0.15, 0.2) is 0 Å². The van der Waals surface area contributed by atoms with Crippen LogP contribution in [0.25, 0.3) is 0 Å². The molecule has 1 fully saturated rings. The summed E-state index contributed by atoms with van der Waals surface area (Å²) in [6, 6.07) is 4.03. The summed E-state index contributed by atoms with van der Waals surface area (Å²) in [5, 5.41) is -1.16. The third kappa shape index (κ3) is 3.86. The molecule has 0 saturated heterocycles. The van der Waals surface area contributed by atoms with Gasteiger partial charge in [-0.25, -0.2) is 4.39 Å². The van der Waals surface area contributed by atoms with Crippen LogP contribution in [0, 0.1) is 23.1 Å². The molecule has 0 heterocycles. The molecule has 1 aliphatic carbocycles. The van der Waals surface area contributed by atoms with Crippen molar-refractivity contribution in [3.05, 3.63) is 45.7 Å². The van der Waals surface area contributed by atoms with E-state index >= 15 is 0 Å². The van der Waals surface area contributed by atoms with E-state index in [0.29, 0.717) is 0 Å². The molecular formula is C16H14Cl2F4O2. The fraction of sp³-hybridized carbons (Fsp3) is 0.438. The van der Waals surface area contributed by atoms with Crippen LogP contribution in [0.15, 0.2) is 29.3 Å². The number of halogens is 6. The predicted molar refractivity (Wildman–Crippen MR) is 82.0 cm³/mol. The van der Waals surface area contributed by atoms with Crippen LogP contribution in [0.4, 0.5) is 17.6 Å². The minimum absolute atomic E-state index is 0.0198. The molecule has 1 aromatic carbocycles. The van der Waals surface area contributed by atoms with Crippen molar-refractivity contribution in [3.63, 3.8) is 0 Å². The van der Waals surface area contributed by atoms with Gasteiger partial charge < -0.3 is 4.74 Å². The van der Waals surface area contributed by atoms with E-state index in [4.69, 9.17) is 27.9 Å². The number of hydrogen-bond acceptors (Lipinski definition) is 2. The first-order valence-corrected chi connectivity index (χ1v) is 7.76. The van der Waals surface area contributed by atoms with Crippen LogP contribution in [-0.2, 0) is 16.1 Å². The highest BCUT2D eigenvalue weighted by Crippen LogP contribution is 2.60. The first-order valence-electron chi connectivity index (χ1n) is 7.00. The number of hydrogen-bond donors (Lipinski definition) is 0. The molecule has 1 aliphatic rings. The Kier molecular flexibility index (Phi) is 5.21. The van der Waals surface area contributed by atoms with E-state index in [1.54, 1.807) is 13.8 Å². The van der Waals surface area contributed by atoms with Gasteiger partial charge in [-0.15, -0.1) is 0 Å². The van der Waals surface area contributed by atoms with Crippen molar-refractivity contribution in [2.24, 2.45) is 17.3 Å². The van der Waals surface area contributed by atoms with Gasteiger partial charge in [-0.1, -0.05) is 49.2 Å². The Labute approximate surface area is 146 Å². The van der Waals surface area contributed by atoms with E-state index in [1.165, 1.54) is 18.2 Å². The second kappa shape index (κ2) is 6.56. The van der Waals surface area contributed by atoms with Crippen LogP contribution in [0.5, 0.6) is 0 Å². The molecule has 24 heavy (non-hydrogen) atoms. The van der Waals surface area contributed by atoms with E-state index < -0.39 is 40.2 Å². The molecule has 2 nitrogen and oxygen atoms in total. The van der Waals surface area contributed by atoms with Crippen LogP contribution in [0.3, 0.4) is 0 Å². The highest BCUT2D eigenvalue weighted by molar-refractivity contribution is 6.31. The van der Waals surface area contributed by atoms with E-state index in [-0.39, 0.29) is 17.2 Å². The summed E-state index contributed by atoms with van der Waals surface area (Å²) >= 11 is 11.0. The lowest BCUT2D eigenvalue weighted by atomic mass is 10.1. The third-order valence-electron chi connectivity index (χ3n) is 4.18. The molecule has 132 valence electrons. The average Bonchev–Trinajstić information content (AvgIpc) is 2.98. The summed E-state index contributed by atoms with van der Waals surface area (Å²) in [6.07, 6.45) is -3.83. The van der Waals surface area contributed by atoms with Gasteiger partial charge in [0.2, 0.25) is 0 Å². The van der Waals surface area contributed by atoms with Crippen LogP contribution >= 0.6 is 23.2 Å². The fourth-order valence-corrected chi connectivity index (χ4v) is 2.95. The summed E-state index contributed by atoms with van der Waals surface area (Å²) in [6.45, 7) is 2.88.